The first-order chi connectivity index (χ1) is 29.4. The number of aryl methyl sites for hydroxylation is 3. The molecule has 0 bridgehead atoms. The Hall–Kier alpha value is -5.74. The SMILES string of the molecule is COc1cc2c(cc1OCc1cc(COc3cc4c(cc3C)C(=O)N3c5ccccc5C[C@H]3CC4)cc(NC(=O)CCCC(C)(C)S)c1)CC[C@@H]1Cc3ccccc3N1C2=O. The molecule has 0 aromatic heterocycles. The van der Waals surface area contributed by atoms with Crippen molar-refractivity contribution in [1.29, 1.82) is 0 Å². The number of methoxy groups -OCH3 is 1. The van der Waals surface area contributed by atoms with Gasteiger partial charge in [0.15, 0.2) is 11.5 Å². The second kappa shape index (κ2) is 16.6. The van der Waals surface area contributed by atoms with Gasteiger partial charge in [-0.25, -0.2) is 0 Å². The van der Waals surface area contributed by atoms with Crippen LogP contribution in [0.5, 0.6) is 17.2 Å². The standard InChI is InChI=1S/C51H53N3O6S/c1-31-20-41-34(15-17-39-24-36-10-5-7-12-43(36)53(39)49(41)56)26-45(31)59-29-32-21-33(23-38(22-32)52-48(55)14-9-19-51(2,3)61)30-60-47-27-35-16-18-40-25-37-11-6-8-13-44(37)54(40)50(57)42(35)28-46(47)58-4/h5-8,10-13,20-23,26-28,39-40,61H,9,14-19,24-25,29-30H2,1-4H3,(H,52,55)/t39-,40-/m1/s1. The van der Waals surface area contributed by atoms with E-state index in [4.69, 9.17) is 14.2 Å². The number of anilines is 3. The predicted molar refractivity (Wildman–Crippen MR) is 243 cm³/mol. The van der Waals surface area contributed by atoms with Crippen molar-refractivity contribution in [2.24, 2.45) is 0 Å². The van der Waals surface area contributed by atoms with E-state index in [0.717, 1.165) is 102 Å². The highest BCUT2D eigenvalue weighted by Crippen LogP contribution is 2.42. The van der Waals surface area contributed by atoms with Gasteiger partial charge in [0.05, 0.1) is 7.11 Å². The number of ether oxygens (including phenoxy) is 3. The van der Waals surface area contributed by atoms with Crippen LogP contribution in [0.1, 0.15) is 106 Å². The fourth-order valence-corrected chi connectivity index (χ4v) is 9.80. The largest absolute Gasteiger partial charge is 0.493 e. The summed E-state index contributed by atoms with van der Waals surface area (Å²) in [5.41, 5.74) is 11.0. The number of nitrogens with one attached hydrogen (secondary N) is 1. The van der Waals surface area contributed by atoms with Crippen molar-refractivity contribution in [2.75, 3.05) is 22.2 Å². The number of rotatable bonds is 12. The van der Waals surface area contributed by atoms with Gasteiger partial charge in [0.2, 0.25) is 5.91 Å². The first-order valence-corrected chi connectivity index (χ1v) is 21.9. The quantitative estimate of drug-likeness (QED) is 0.122. The van der Waals surface area contributed by atoms with Crippen molar-refractivity contribution in [3.8, 4) is 17.2 Å². The van der Waals surface area contributed by atoms with E-state index in [2.05, 4.69) is 50.0 Å². The molecule has 0 spiro atoms. The van der Waals surface area contributed by atoms with Gasteiger partial charge in [-0.3, -0.25) is 14.4 Å². The van der Waals surface area contributed by atoms with Gasteiger partial charge in [-0.05, 0) is 152 Å². The van der Waals surface area contributed by atoms with Crippen LogP contribution in [-0.4, -0.2) is 41.7 Å². The fraction of sp³-hybridized carbons (Fsp3) is 0.353. The third-order valence-corrected chi connectivity index (χ3v) is 12.9. The lowest BCUT2D eigenvalue weighted by Crippen LogP contribution is -2.36. The van der Waals surface area contributed by atoms with Crippen LogP contribution < -0.4 is 29.3 Å². The van der Waals surface area contributed by atoms with Crippen molar-refractivity contribution in [2.45, 2.75) is 109 Å². The van der Waals surface area contributed by atoms with Gasteiger partial charge in [0, 0.05) is 51.4 Å². The molecular formula is C51H53N3O6S. The minimum absolute atomic E-state index is 0.0132. The molecule has 1 N–H and O–H groups in total. The summed E-state index contributed by atoms with van der Waals surface area (Å²) in [6, 6.07) is 30.3. The van der Waals surface area contributed by atoms with Crippen LogP contribution in [0.3, 0.4) is 0 Å². The lowest BCUT2D eigenvalue weighted by atomic mass is 9.98. The number of fused-ring (bicyclic) bond motifs is 8. The lowest BCUT2D eigenvalue weighted by molar-refractivity contribution is -0.116. The molecule has 5 aromatic rings. The molecule has 0 radical (unpaired) electrons. The smallest absolute Gasteiger partial charge is 0.258 e. The van der Waals surface area contributed by atoms with Crippen LogP contribution >= 0.6 is 12.6 Å². The molecule has 4 heterocycles. The second-order valence-corrected chi connectivity index (χ2v) is 18.9. The zero-order valence-electron chi connectivity index (χ0n) is 35.4. The van der Waals surface area contributed by atoms with Crippen molar-refractivity contribution < 1.29 is 28.6 Å². The number of carbonyl (C=O) groups excluding carboxylic acids is 3. The Morgan fingerprint density at radius 1 is 0.721 bits per heavy atom. The molecule has 0 saturated heterocycles. The second-order valence-electron chi connectivity index (χ2n) is 17.7. The van der Waals surface area contributed by atoms with E-state index in [-0.39, 0.29) is 47.8 Å². The topological polar surface area (TPSA) is 97.4 Å². The van der Waals surface area contributed by atoms with Gasteiger partial charge in [-0.1, -0.05) is 50.2 Å². The van der Waals surface area contributed by atoms with E-state index in [1.165, 1.54) is 11.1 Å². The van der Waals surface area contributed by atoms with Crippen LogP contribution in [0.2, 0.25) is 0 Å². The molecule has 2 atom stereocenters. The highest BCUT2D eigenvalue weighted by Gasteiger charge is 2.39. The third-order valence-electron chi connectivity index (χ3n) is 12.6. The number of nitrogens with zero attached hydrogens (tertiary/aromatic N) is 2. The first-order valence-electron chi connectivity index (χ1n) is 21.5. The van der Waals surface area contributed by atoms with Crippen molar-refractivity contribution in [1.82, 2.24) is 0 Å². The normalized spacial score (nSPS) is 17.6. The maximum atomic E-state index is 14.0. The number of hydrogen-bond acceptors (Lipinski definition) is 7. The highest BCUT2D eigenvalue weighted by molar-refractivity contribution is 7.81. The summed E-state index contributed by atoms with van der Waals surface area (Å²) < 4.78 is 18.7. The van der Waals surface area contributed by atoms with E-state index >= 15 is 0 Å². The summed E-state index contributed by atoms with van der Waals surface area (Å²) >= 11 is 4.63. The number of para-hydroxylation sites is 2. The van der Waals surface area contributed by atoms with Gasteiger partial charge >= 0.3 is 0 Å². The average Bonchev–Trinajstić information content (AvgIpc) is 3.73. The molecule has 61 heavy (non-hydrogen) atoms. The summed E-state index contributed by atoms with van der Waals surface area (Å²) in [6.45, 7) is 6.51. The van der Waals surface area contributed by atoms with Crippen molar-refractivity contribution in [3.05, 3.63) is 141 Å². The number of carbonyl (C=O) groups is 3. The summed E-state index contributed by atoms with van der Waals surface area (Å²) in [5, 5.41) is 3.11. The Labute approximate surface area is 363 Å². The monoisotopic (exact) mass is 835 g/mol. The molecule has 4 aliphatic rings. The van der Waals surface area contributed by atoms with Gasteiger partial charge in [0.1, 0.15) is 19.0 Å². The number of amides is 3. The lowest BCUT2D eigenvalue weighted by Gasteiger charge is -2.23. The fourth-order valence-electron chi connectivity index (χ4n) is 9.64. The Morgan fingerprint density at radius 2 is 1.26 bits per heavy atom. The Kier molecular flexibility index (Phi) is 11.1. The zero-order chi connectivity index (χ0) is 42.4. The van der Waals surface area contributed by atoms with Crippen LogP contribution in [-0.2, 0) is 43.7 Å². The van der Waals surface area contributed by atoms with E-state index in [1.807, 2.05) is 89.5 Å². The molecule has 0 fully saturated rings. The Bertz CT molecular complexity index is 2540. The number of benzene rings is 5. The zero-order valence-corrected chi connectivity index (χ0v) is 36.3. The predicted octanol–water partition coefficient (Wildman–Crippen LogP) is 10.0. The average molecular weight is 836 g/mol. The molecule has 3 amide bonds. The first kappa shape index (κ1) is 40.7. The minimum atomic E-state index is -0.155. The van der Waals surface area contributed by atoms with Crippen molar-refractivity contribution >= 4 is 47.4 Å². The van der Waals surface area contributed by atoms with Crippen LogP contribution in [0.25, 0.3) is 0 Å². The summed E-state index contributed by atoms with van der Waals surface area (Å²) in [6.07, 6.45) is 6.89. The third kappa shape index (κ3) is 8.34. The maximum absolute atomic E-state index is 14.0. The molecule has 9 nitrogen and oxygen atoms in total. The van der Waals surface area contributed by atoms with E-state index < -0.39 is 0 Å². The molecule has 4 aliphatic heterocycles. The molecule has 9 rings (SSSR count). The maximum Gasteiger partial charge on any atom is 0.258 e. The molecule has 10 heteroatoms. The summed E-state index contributed by atoms with van der Waals surface area (Å²) in [5.74, 6) is 1.73. The highest BCUT2D eigenvalue weighted by atomic mass is 32.1. The molecule has 5 aromatic carbocycles. The van der Waals surface area contributed by atoms with Crippen molar-refractivity contribution in [3.63, 3.8) is 0 Å². The molecule has 0 unspecified atom stereocenters. The molecule has 314 valence electrons. The van der Waals surface area contributed by atoms with Gasteiger partial charge in [-0.15, -0.1) is 0 Å². The van der Waals surface area contributed by atoms with Crippen LogP contribution in [0.15, 0.2) is 91.0 Å². The number of thiol groups is 1. The molecular weight excluding hydrogens is 783 g/mol. The minimum Gasteiger partial charge on any atom is -0.493 e. The van der Waals surface area contributed by atoms with Gasteiger partial charge in [0.25, 0.3) is 11.8 Å². The summed E-state index contributed by atoms with van der Waals surface area (Å²) in [7, 11) is 1.59. The van der Waals surface area contributed by atoms with E-state index in [9.17, 15) is 14.4 Å². The van der Waals surface area contributed by atoms with E-state index in [0.29, 0.717) is 29.2 Å². The van der Waals surface area contributed by atoms with Gasteiger partial charge in [-0.2, -0.15) is 12.6 Å². The molecule has 0 aliphatic carbocycles. The Balaban J connectivity index is 0.949. The Morgan fingerprint density at radius 3 is 1.84 bits per heavy atom. The van der Waals surface area contributed by atoms with Gasteiger partial charge < -0.3 is 29.3 Å². The van der Waals surface area contributed by atoms with Crippen LogP contribution in [0, 0.1) is 6.92 Å². The van der Waals surface area contributed by atoms with Crippen LogP contribution in [0.4, 0.5) is 17.1 Å². The number of hydrogen-bond donors (Lipinski definition) is 2. The summed E-state index contributed by atoms with van der Waals surface area (Å²) in [4.78, 5) is 45.2. The van der Waals surface area contributed by atoms with E-state index in [1.54, 1.807) is 7.11 Å². The molecule has 0 saturated carbocycles.